The third-order valence-electron chi connectivity index (χ3n) is 7.43. The monoisotopic (exact) mass is 734 g/mol. The summed E-state index contributed by atoms with van der Waals surface area (Å²) < 4.78 is 52.3. The number of nitrogens with zero attached hydrogens (tertiary/aromatic N) is 1. The first-order chi connectivity index (χ1) is 22.0. The topological polar surface area (TPSA) is 80.2 Å². The van der Waals surface area contributed by atoms with E-state index in [2.05, 4.69) is 21.2 Å². The molecule has 46 heavy (non-hydrogen) atoms. The number of halogens is 6. The largest absolute Gasteiger partial charge is 0.494 e. The number of amides is 1. The van der Waals surface area contributed by atoms with Gasteiger partial charge in [-0.05, 0) is 65.7 Å². The molecule has 0 unspecified atom stereocenters. The molecule has 4 aromatic carbocycles. The molecule has 1 aliphatic rings. The van der Waals surface area contributed by atoms with Crippen molar-refractivity contribution in [1.82, 2.24) is 5.32 Å². The average molecular weight is 736 g/mol. The lowest BCUT2D eigenvalue weighted by atomic mass is 9.82. The highest BCUT2D eigenvalue weighted by Crippen LogP contribution is 2.45. The van der Waals surface area contributed by atoms with Gasteiger partial charge < -0.3 is 19.9 Å². The van der Waals surface area contributed by atoms with Crippen LogP contribution in [0.15, 0.2) is 100 Å². The van der Waals surface area contributed by atoms with Gasteiger partial charge in [0.2, 0.25) is 5.90 Å². The summed E-state index contributed by atoms with van der Waals surface area (Å²) >= 11 is 16.5. The molecule has 240 valence electrons. The van der Waals surface area contributed by atoms with Gasteiger partial charge in [-0.2, -0.15) is 13.2 Å². The summed E-state index contributed by atoms with van der Waals surface area (Å²) in [5, 5.41) is 12.6. The van der Waals surface area contributed by atoms with Crippen molar-refractivity contribution in [2.75, 3.05) is 13.2 Å². The molecule has 0 spiro atoms. The summed E-state index contributed by atoms with van der Waals surface area (Å²) in [5.41, 5.74) is -0.0889. The van der Waals surface area contributed by atoms with Gasteiger partial charge in [-0.3, -0.25) is 4.79 Å². The third-order valence-corrected chi connectivity index (χ3v) is 8.76. The quantitative estimate of drug-likeness (QED) is 0.152. The Hall–Kier alpha value is -3.57. The zero-order valence-electron chi connectivity index (χ0n) is 24.2. The lowest BCUT2D eigenvalue weighted by Gasteiger charge is -2.31. The molecule has 5 rings (SSSR count). The Bertz CT molecular complexity index is 1720. The highest BCUT2D eigenvalue weighted by atomic mass is 79.9. The van der Waals surface area contributed by atoms with E-state index in [-0.39, 0.29) is 30.5 Å². The zero-order chi connectivity index (χ0) is 32.9. The fourth-order valence-electron chi connectivity index (χ4n) is 5.05. The SMILES string of the molecule is O=C(NCc1ccc(C(F)(F)F)cc1)[C@]1(Cc2ccccc2Br)N=C(c2ccc(OCCCO)cc2)O[C@@H]1c1ccc(Cl)cc1Cl. The van der Waals surface area contributed by atoms with Crippen LogP contribution in [0.25, 0.3) is 0 Å². The van der Waals surface area contributed by atoms with Crippen molar-refractivity contribution in [2.24, 2.45) is 4.99 Å². The van der Waals surface area contributed by atoms with Gasteiger partial charge in [0.25, 0.3) is 5.91 Å². The Balaban J connectivity index is 1.56. The molecular formula is C34H28BrCl2F3N2O4. The molecule has 6 nitrogen and oxygen atoms in total. The van der Waals surface area contributed by atoms with Crippen LogP contribution in [-0.4, -0.2) is 35.7 Å². The molecule has 12 heteroatoms. The summed E-state index contributed by atoms with van der Waals surface area (Å²) in [4.78, 5) is 19.4. The predicted molar refractivity (Wildman–Crippen MR) is 174 cm³/mol. The van der Waals surface area contributed by atoms with Crippen LogP contribution < -0.4 is 10.1 Å². The maximum absolute atomic E-state index is 14.4. The van der Waals surface area contributed by atoms with E-state index in [1.54, 1.807) is 42.5 Å². The molecule has 2 atom stereocenters. The van der Waals surface area contributed by atoms with Gasteiger partial charge in [-0.25, -0.2) is 4.99 Å². The van der Waals surface area contributed by atoms with Crippen LogP contribution >= 0.6 is 39.1 Å². The Morgan fingerprint density at radius 2 is 1.74 bits per heavy atom. The van der Waals surface area contributed by atoms with Gasteiger partial charge in [-0.1, -0.05) is 75.5 Å². The zero-order valence-corrected chi connectivity index (χ0v) is 27.3. The first-order valence-electron chi connectivity index (χ1n) is 14.2. The Labute approximate surface area is 282 Å². The molecule has 0 radical (unpaired) electrons. The lowest BCUT2D eigenvalue weighted by Crippen LogP contribution is -2.49. The number of nitrogens with one attached hydrogen (secondary N) is 1. The van der Waals surface area contributed by atoms with Crippen molar-refractivity contribution >= 4 is 50.9 Å². The van der Waals surface area contributed by atoms with Gasteiger partial charge in [0.05, 0.1) is 12.2 Å². The molecule has 1 amide bonds. The summed E-state index contributed by atoms with van der Waals surface area (Å²) in [6, 6.07) is 23.9. The number of aliphatic hydroxyl groups excluding tert-OH is 1. The number of hydrogen-bond acceptors (Lipinski definition) is 5. The average Bonchev–Trinajstić information content (AvgIpc) is 3.41. The molecule has 0 saturated carbocycles. The van der Waals surface area contributed by atoms with Gasteiger partial charge >= 0.3 is 6.18 Å². The number of aliphatic imine (C=N–C) groups is 1. The highest BCUT2D eigenvalue weighted by molar-refractivity contribution is 9.10. The smallest absolute Gasteiger partial charge is 0.416 e. The Morgan fingerprint density at radius 3 is 2.39 bits per heavy atom. The van der Waals surface area contributed by atoms with Crippen molar-refractivity contribution in [3.8, 4) is 5.75 Å². The molecule has 0 saturated heterocycles. The second kappa shape index (κ2) is 14.5. The number of carbonyl (C=O) groups excluding carboxylic acids is 1. The Kier molecular flexibility index (Phi) is 10.6. The molecule has 0 fully saturated rings. The summed E-state index contributed by atoms with van der Waals surface area (Å²) in [6.45, 7) is 0.303. The second-order valence-corrected chi connectivity index (χ2v) is 12.3. The fourth-order valence-corrected chi connectivity index (χ4v) is 5.99. The number of hydrogen-bond donors (Lipinski definition) is 2. The van der Waals surface area contributed by atoms with Crippen LogP contribution in [0.4, 0.5) is 13.2 Å². The molecule has 2 N–H and O–H groups in total. The fraction of sp³-hybridized carbons (Fsp3) is 0.235. The number of aliphatic hydroxyl groups is 1. The molecule has 0 aliphatic carbocycles. The summed E-state index contributed by atoms with van der Waals surface area (Å²) in [6.07, 6.45) is -4.91. The van der Waals surface area contributed by atoms with E-state index in [0.717, 1.165) is 22.2 Å². The van der Waals surface area contributed by atoms with Crippen molar-refractivity contribution in [1.29, 1.82) is 0 Å². The van der Waals surface area contributed by atoms with Gasteiger partial charge in [0.15, 0.2) is 11.6 Å². The number of benzene rings is 4. The lowest BCUT2D eigenvalue weighted by molar-refractivity contribution is -0.137. The molecule has 0 aromatic heterocycles. The number of alkyl halides is 3. The second-order valence-electron chi connectivity index (χ2n) is 10.6. The third kappa shape index (κ3) is 7.69. The van der Waals surface area contributed by atoms with Crippen LogP contribution in [0.1, 0.15) is 40.3 Å². The van der Waals surface area contributed by atoms with E-state index in [0.29, 0.717) is 40.5 Å². The first kappa shape index (κ1) is 33.8. The van der Waals surface area contributed by atoms with Crippen molar-refractivity contribution < 1.29 is 32.5 Å². The minimum absolute atomic E-state index is 0.0118. The van der Waals surface area contributed by atoms with E-state index in [1.165, 1.54) is 12.1 Å². The molecule has 1 heterocycles. The predicted octanol–water partition coefficient (Wildman–Crippen LogP) is 8.35. The van der Waals surface area contributed by atoms with E-state index in [1.807, 2.05) is 24.3 Å². The number of rotatable bonds is 11. The highest BCUT2D eigenvalue weighted by Gasteiger charge is 2.54. The molecule has 4 aromatic rings. The Morgan fingerprint density at radius 1 is 1.02 bits per heavy atom. The van der Waals surface area contributed by atoms with Crippen LogP contribution in [0.5, 0.6) is 5.75 Å². The van der Waals surface area contributed by atoms with Crippen molar-refractivity contribution in [3.05, 3.63) is 133 Å². The van der Waals surface area contributed by atoms with Gasteiger partial charge in [0.1, 0.15) is 5.75 Å². The van der Waals surface area contributed by atoms with Crippen molar-refractivity contribution in [2.45, 2.75) is 37.2 Å². The van der Waals surface area contributed by atoms with E-state index >= 15 is 0 Å². The number of carbonyl (C=O) groups is 1. The normalized spacial score (nSPS) is 17.7. The molecule has 0 bridgehead atoms. The maximum Gasteiger partial charge on any atom is 0.416 e. The minimum atomic E-state index is -4.48. The van der Waals surface area contributed by atoms with E-state index in [9.17, 15) is 18.0 Å². The van der Waals surface area contributed by atoms with Gasteiger partial charge in [0, 0.05) is 51.6 Å². The van der Waals surface area contributed by atoms with Gasteiger partial charge in [-0.15, -0.1) is 0 Å². The maximum atomic E-state index is 14.4. The van der Waals surface area contributed by atoms with Crippen LogP contribution in [0.3, 0.4) is 0 Å². The number of ether oxygens (including phenoxy) is 2. The first-order valence-corrected chi connectivity index (χ1v) is 15.8. The molecular weight excluding hydrogens is 708 g/mol. The van der Waals surface area contributed by atoms with Crippen LogP contribution in [0.2, 0.25) is 10.0 Å². The molecule has 1 aliphatic heterocycles. The van der Waals surface area contributed by atoms with Crippen LogP contribution in [-0.2, 0) is 28.7 Å². The summed E-state index contributed by atoms with van der Waals surface area (Å²) in [5.74, 6) is 0.259. The minimum Gasteiger partial charge on any atom is -0.494 e. The van der Waals surface area contributed by atoms with E-state index in [4.69, 9.17) is 42.8 Å². The van der Waals surface area contributed by atoms with Crippen LogP contribution in [0, 0.1) is 0 Å². The standard InChI is InChI=1S/C34H28BrCl2F3N2O4/c35-28-5-2-1-4-23(28)19-33(32(44)41-20-21-6-10-24(11-7-21)34(38,39)40)30(27-15-12-25(36)18-29(27)37)46-31(42-33)22-8-13-26(14-9-22)45-17-3-16-43/h1-2,4-15,18,30,43H,3,16-17,19-20H2,(H,41,44)/t30-,33-/m1/s1. The van der Waals surface area contributed by atoms with Crippen molar-refractivity contribution in [3.63, 3.8) is 0 Å². The summed E-state index contributed by atoms with van der Waals surface area (Å²) in [7, 11) is 0. The van der Waals surface area contributed by atoms with E-state index < -0.39 is 29.3 Å².